The highest BCUT2D eigenvalue weighted by Crippen LogP contribution is 2.22. The lowest BCUT2D eigenvalue weighted by Crippen LogP contribution is -2.61. The van der Waals surface area contributed by atoms with Crippen molar-refractivity contribution in [1.29, 1.82) is 0 Å². The minimum Gasteiger partial charge on any atom is -0.508 e. The molecule has 0 spiro atoms. The second kappa shape index (κ2) is 31.2. The Morgan fingerprint density at radius 2 is 1.16 bits per heavy atom. The number of nitrogens with zero attached hydrogens (tertiary/aromatic N) is 3. The van der Waals surface area contributed by atoms with E-state index in [1.165, 1.54) is 29.2 Å². The third-order valence-electron chi connectivity index (χ3n) is 11.8. The van der Waals surface area contributed by atoms with E-state index in [2.05, 4.69) is 47.2 Å². The van der Waals surface area contributed by atoms with E-state index >= 15 is 0 Å². The van der Waals surface area contributed by atoms with Crippen LogP contribution in [0.5, 0.6) is 5.75 Å². The molecule has 2 rings (SSSR count). The smallest absolute Gasteiger partial charge is 0.326 e. The lowest BCUT2D eigenvalue weighted by atomic mass is 9.97. The molecule has 28 nitrogen and oxygen atoms in total. The molecular formula is C45H75N15O13. The van der Waals surface area contributed by atoms with Gasteiger partial charge >= 0.3 is 5.97 Å². The summed E-state index contributed by atoms with van der Waals surface area (Å²) in [7, 11) is 0. The zero-order chi connectivity index (χ0) is 54.9. The number of benzene rings is 1. The number of aromatic hydroxyl groups is 1. The van der Waals surface area contributed by atoms with Crippen molar-refractivity contribution in [3.8, 4) is 5.75 Å². The molecule has 1 fully saturated rings. The second-order valence-electron chi connectivity index (χ2n) is 17.8. The van der Waals surface area contributed by atoms with Crippen LogP contribution in [0.25, 0.3) is 0 Å². The molecule has 0 saturated carbocycles. The summed E-state index contributed by atoms with van der Waals surface area (Å²) in [5.74, 6) is -9.80. The average molecular weight is 1030 g/mol. The van der Waals surface area contributed by atoms with E-state index in [0.717, 1.165) is 0 Å². The molecule has 0 unspecified atom stereocenters. The number of carbonyl (C=O) groups is 9. The summed E-state index contributed by atoms with van der Waals surface area (Å²) >= 11 is 0. The molecule has 1 saturated heterocycles. The van der Waals surface area contributed by atoms with Crippen LogP contribution >= 0.6 is 0 Å². The predicted octanol–water partition coefficient (Wildman–Crippen LogP) is -5.84. The van der Waals surface area contributed by atoms with Crippen LogP contribution < -0.4 is 65.9 Å². The minimum atomic E-state index is -1.63. The zero-order valence-corrected chi connectivity index (χ0v) is 41.7. The van der Waals surface area contributed by atoms with Gasteiger partial charge < -0.3 is 91.2 Å². The van der Waals surface area contributed by atoms with Crippen molar-refractivity contribution >= 4 is 65.1 Å². The summed E-state index contributed by atoms with van der Waals surface area (Å²) in [5, 5.41) is 57.0. The summed E-state index contributed by atoms with van der Waals surface area (Å²) in [4.78, 5) is 130. The Labute approximate surface area is 422 Å². The number of hydrogen-bond donors (Lipinski definition) is 16. The maximum Gasteiger partial charge on any atom is 0.326 e. The summed E-state index contributed by atoms with van der Waals surface area (Å²) in [5.41, 5.74) is 27.4. The first-order chi connectivity index (χ1) is 34.5. The fourth-order valence-corrected chi connectivity index (χ4v) is 7.55. The number of rotatable bonds is 31. The summed E-state index contributed by atoms with van der Waals surface area (Å²) in [6.07, 6.45) is 0.754. The number of aliphatic carboxylic acids is 1. The SMILES string of the molecule is CC[C@H](C)[C@H](NC(=O)[C@@H]1CCCN1C(=O)[C@H](Cc1ccc(O)cc1)NC(=O)[C@H](CCCN=C(N)N)NC(=O)[C@@H](NC(=O)[C@H](CO)NC(=O)CN)C(C)C)C(=O)N[C@@H](CO)C(=O)N[C@@H](CCCN=C(N)N)C(=O)O. The molecule has 0 aromatic heterocycles. The molecule has 73 heavy (non-hydrogen) atoms. The van der Waals surface area contributed by atoms with Crippen LogP contribution in [0.1, 0.15) is 78.2 Å². The van der Waals surface area contributed by atoms with E-state index < -0.39 is 133 Å². The largest absolute Gasteiger partial charge is 0.508 e. The molecule has 28 heteroatoms. The molecule has 0 bridgehead atoms. The van der Waals surface area contributed by atoms with E-state index in [1.54, 1.807) is 27.7 Å². The Bertz CT molecular complexity index is 2100. The third-order valence-corrected chi connectivity index (χ3v) is 11.8. The Balaban J connectivity index is 2.44. The van der Waals surface area contributed by atoms with Gasteiger partial charge in [0.25, 0.3) is 0 Å². The molecule has 1 aliphatic rings. The normalized spacial score (nSPS) is 16.4. The first-order valence-corrected chi connectivity index (χ1v) is 23.9. The molecule has 1 aliphatic heterocycles. The van der Waals surface area contributed by atoms with E-state index in [0.29, 0.717) is 18.4 Å². The highest BCUT2D eigenvalue weighted by molar-refractivity contribution is 5.98. The first kappa shape index (κ1) is 61.8. The van der Waals surface area contributed by atoms with Crippen molar-refractivity contribution in [2.45, 2.75) is 127 Å². The summed E-state index contributed by atoms with van der Waals surface area (Å²) in [6.45, 7) is 4.51. The van der Waals surface area contributed by atoms with Crippen molar-refractivity contribution in [3.05, 3.63) is 29.8 Å². The number of phenolic OH excluding ortho intramolecular Hbond substituents is 1. The van der Waals surface area contributed by atoms with Crippen LogP contribution in [0.3, 0.4) is 0 Å². The van der Waals surface area contributed by atoms with Crippen LogP contribution in [-0.2, 0) is 49.6 Å². The zero-order valence-electron chi connectivity index (χ0n) is 41.7. The summed E-state index contributed by atoms with van der Waals surface area (Å²) in [6, 6.07) is -5.33. The Kier molecular flexibility index (Phi) is 26.4. The van der Waals surface area contributed by atoms with Crippen LogP contribution in [0.4, 0.5) is 0 Å². The van der Waals surface area contributed by atoms with Gasteiger partial charge in [-0.25, -0.2) is 4.79 Å². The van der Waals surface area contributed by atoms with Crippen molar-refractivity contribution in [3.63, 3.8) is 0 Å². The van der Waals surface area contributed by atoms with Crippen molar-refractivity contribution in [2.75, 3.05) is 39.4 Å². The topological polar surface area (TPSA) is 477 Å². The van der Waals surface area contributed by atoms with Gasteiger partial charge in [0, 0.05) is 26.1 Å². The number of amides is 8. The average Bonchev–Trinajstić information content (AvgIpc) is 3.84. The fourth-order valence-electron chi connectivity index (χ4n) is 7.55. The van der Waals surface area contributed by atoms with Crippen molar-refractivity contribution in [2.24, 2.45) is 50.5 Å². The van der Waals surface area contributed by atoms with Crippen LogP contribution in [0.15, 0.2) is 34.3 Å². The number of aliphatic imine (C=N–C) groups is 2. The van der Waals surface area contributed by atoms with Crippen molar-refractivity contribution in [1.82, 2.24) is 42.1 Å². The Hall–Kier alpha value is -7.33. The maximum absolute atomic E-state index is 14.7. The number of aliphatic hydroxyl groups is 2. The van der Waals surface area contributed by atoms with E-state index in [1.807, 2.05) is 0 Å². The standard InChI is InChI=1S/C45H75N15O13/c1-5-24(4)35(41(70)57-31(22-62)37(66)55-28(43(72)73)10-7-17-52-45(49)50)59-39(68)32-11-8-18-60(32)42(71)29(19-25-12-14-26(63)15-13-25)56-36(65)27(9-6-16-51-44(47)48)54-40(69)34(23(2)3)58-38(67)30(21-61)53-33(64)20-46/h12-15,23-24,27-32,34-35,61-63H,5-11,16-22,46H2,1-4H3,(H,53,64)(H,54,69)(H,55,66)(H,56,65)(H,57,70)(H,58,67)(H,59,68)(H,72,73)(H4,47,48,51)(H4,49,50,52)/t24-,27-,28-,29-,30-,31-,32-,34-,35-/m0/s1. The van der Waals surface area contributed by atoms with Gasteiger partial charge in [0.1, 0.15) is 54.1 Å². The molecule has 1 heterocycles. The monoisotopic (exact) mass is 1030 g/mol. The van der Waals surface area contributed by atoms with Gasteiger partial charge in [-0.2, -0.15) is 0 Å². The number of likely N-dealkylation sites (tertiary alicyclic amines) is 1. The fraction of sp³-hybridized carbons (Fsp3) is 0.622. The molecule has 0 radical (unpaired) electrons. The van der Waals surface area contributed by atoms with Gasteiger partial charge in [0.05, 0.1) is 19.8 Å². The number of phenols is 1. The lowest BCUT2D eigenvalue weighted by molar-refractivity contribution is -0.143. The predicted molar refractivity (Wildman–Crippen MR) is 265 cm³/mol. The molecule has 8 amide bonds. The number of guanidine groups is 2. The lowest BCUT2D eigenvalue weighted by Gasteiger charge is -2.32. The number of carboxylic acids is 1. The Morgan fingerprint density at radius 1 is 0.671 bits per heavy atom. The highest BCUT2D eigenvalue weighted by Gasteiger charge is 2.41. The number of carbonyl (C=O) groups excluding carboxylic acids is 8. The van der Waals surface area contributed by atoms with Crippen molar-refractivity contribution < 1.29 is 63.6 Å². The number of carboxylic acid groups (broad SMARTS) is 1. The van der Waals surface area contributed by atoms with Gasteiger partial charge in [0.15, 0.2) is 11.9 Å². The molecule has 1 aromatic rings. The van der Waals surface area contributed by atoms with E-state index in [4.69, 9.17) is 28.7 Å². The van der Waals surface area contributed by atoms with Crippen LogP contribution in [-0.4, -0.2) is 178 Å². The van der Waals surface area contributed by atoms with E-state index in [9.17, 15) is 63.6 Å². The quantitative estimate of drug-likeness (QED) is 0.0187. The number of nitrogens with two attached hydrogens (primary N) is 5. The van der Waals surface area contributed by atoms with Crippen LogP contribution in [0.2, 0.25) is 0 Å². The molecule has 0 aliphatic carbocycles. The molecular weight excluding hydrogens is 959 g/mol. The molecule has 1 aromatic carbocycles. The van der Waals surface area contributed by atoms with Gasteiger partial charge in [-0.15, -0.1) is 0 Å². The second-order valence-corrected chi connectivity index (χ2v) is 17.8. The van der Waals surface area contributed by atoms with Crippen LogP contribution in [0, 0.1) is 11.8 Å². The first-order valence-electron chi connectivity index (χ1n) is 23.9. The molecule has 9 atom stereocenters. The highest BCUT2D eigenvalue weighted by atomic mass is 16.4. The summed E-state index contributed by atoms with van der Waals surface area (Å²) < 4.78 is 0. The third kappa shape index (κ3) is 20.7. The van der Waals surface area contributed by atoms with Gasteiger partial charge in [-0.1, -0.05) is 46.2 Å². The molecule has 408 valence electrons. The number of nitrogens with one attached hydrogen (secondary N) is 7. The number of hydrogen-bond acceptors (Lipinski definition) is 15. The van der Waals surface area contributed by atoms with Gasteiger partial charge in [-0.05, 0) is 68.1 Å². The van der Waals surface area contributed by atoms with Gasteiger partial charge in [0.2, 0.25) is 47.3 Å². The number of aliphatic hydroxyl groups excluding tert-OH is 2. The maximum atomic E-state index is 14.7. The van der Waals surface area contributed by atoms with Gasteiger partial charge in [-0.3, -0.25) is 48.3 Å². The van der Waals surface area contributed by atoms with E-state index in [-0.39, 0.29) is 75.8 Å². The Morgan fingerprint density at radius 3 is 1.68 bits per heavy atom. The molecule has 21 N–H and O–H groups in total. The minimum absolute atomic E-state index is 0.0310.